The SMILES string of the molecule is CC(=O)Nc1cn[nH]c1C1CCCN(C(=O)c2cc3ccccc3o2)C1. The normalized spacial score (nSPS) is 17.4. The third-order valence-electron chi connectivity index (χ3n) is 4.73. The third kappa shape index (κ3) is 3.08. The van der Waals surface area contributed by atoms with Gasteiger partial charge in [0.25, 0.3) is 5.91 Å². The molecule has 2 N–H and O–H groups in total. The van der Waals surface area contributed by atoms with Crippen LogP contribution in [0.3, 0.4) is 0 Å². The van der Waals surface area contributed by atoms with Gasteiger partial charge >= 0.3 is 0 Å². The molecular weight excluding hydrogens is 332 g/mol. The van der Waals surface area contributed by atoms with Crippen LogP contribution in [0.15, 0.2) is 40.9 Å². The number of carbonyl (C=O) groups is 2. The molecule has 1 unspecified atom stereocenters. The summed E-state index contributed by atoms with van der Waals surface area (Å²) in [6, 6.07) is 9.39. The molecule has 0 spiro atoms. The maximum atomic E-state index is 12.9. The summed E-state index contributed by atoms with van der Waals surface area (Å²) < 4.78 is 5.72. The second-order valence-electron chi connectivity index (χ2n) is 6.62. The van der Waals surface area contributed by atoms with Crippen LogP contribution in [0.4, 0.5) is 5.69 Å². The van der Waals surface area contributed by atoms with Gasteiger partial charge in [-0.3, -0.25) is 14.7 Å². The van der Waals surface area contributed by atoms with Crippen LogP contribution >= 0.6 is 0 Å². The zero-order chi connectivity index (χ0) is 18.1. The number of piperidine rings is 1. The lowest BCUT2D eigenvalue weighted by molar-refractivity contribution is -0.114. The Bertz CT molecular complexity index is 926. The number of nitrogens with one attached hydrogen (secondary N) is 2. The molecule has 1 aliphatic rings. The van der Waals surface area contributed by atoms with E-state index in [-0.39, 0.29) is 17.7 Å². The Morgan fingerprint density at radius 3 is 3.00 bits per heavy atom. The fraction of sp³-hybridized carbons (Fsp3) is 0.316. The van der Waals surface area contributed by atoms with Gasteiger partial charge in [-0.15, -0.1) is 0 Å². The number of aromatic nitrogens is 2. The Morgan fingerprint density at radius 1 is 1.35 bits per heavy atom. The van der Waals surface area contributed by atoms with Gasteiger partial charge in [0.05, 0.1) is 17.6 Å². The first kappa shape index (κ1) is 16.4. The third-order valence-corrected chi connectivity index (χ3v) is 4.73. The highest BCUT2D eigenvalue weighted by molar-refractivity contribution is 5.96. The van der Waals surface area contributed by atoms with Crippen molar-refractivity contribution in [2.45, 2.75) is 25.7 Å². The summed E-state index contributed by atoms with van der Waals surface area (Å²) in [6.07, 6.45) is 3.42. The van der Waals surface area contributed by atoms with Crippen LogP contribution in [0, 0.1) is 0 Å². The Labute approximate surface area is 150 Å². The van der Waals surface area contributed by atoms with Gasteiger partial charge in [0.1, 0.15) is 5.58 Å². The van der Waals surface area contributed by atoms with Gasteiger partial charge in [0.15, 0.2) is 5.76 Å². The Morgan fingerprint density at radius 2 is 2.19 bits per heavy atom. The molecule has 0 bridgehead atoms. The molecule has 7 heteroatoms. The van der Waals surface area contributed by atoms with Crippen molar-refractivity contribution >= 4 is 28.5 Å². The van der Waals surface area contributed by atoms with E-state index in [2.05, 4.69) is 15.5 Å². The lowest BCUT2D eigenvalue weighted by Gasteiger charge is -2.32. The molecule has 0 saturated carbocycles. The first-order chi connectivity index (χ1) is 12.6. The number of anilines is 1. The molecular formula is C19H20N4O3. The quantitative estimate of drug-likeness (QED) is 0.757. The molecule has 2 amide bonds. The van der Waals surface area contributed by atoms with Crippen LogP contribution in [0.25, 0.3) is 11.0 Å². The van der Waals surface area contributed by atoms with Crippen LogP contribution in [-0.2, 0) is 4.79 Å². The molecule has 7 nitrogen and oxygen atoms in total. The fourth-order valence-corrected chi connectivity index (χ4v) is 3.54. The van der Waals surface area contributed by atoms with Crippen LogP contribution in [0.1, 0.15) is 41.9 Å². The van der Waals surface area contributed by atoms with Gasteiger partial charge < -0.3 is 14.6 Å². The fourth-order valence-electron chi connectivity index (χ4n) is 3.54. The molecule has 134 valence electrons. The maximum Gasteiger partial charge on any atom is 0.289 e. The largest absolute Gasteiger partial charge is 0.451 e. The molecule has 0 aliphatic carbocycles. The van der Waals surface area contributed by atoms with E-state index in [1.165, 1.54) is 6.92 Å². The van der Waals surface area contributed by atoms with Crippen molar-refractivity contribution in [3.8, 4) is 0 Å². The minimum Gasteiger partial charge on any atom is -0.451 e. The molecule has 1 fully saturated rings. The number of rotatable bonds is 3. The van der Waals surface area contributed by atoms with E-state index < -0.39 is 0 Å². The van der Waals surface area contributed by atoms with Gasteiger partial charge in [-0.2, -0.15) is 5.10 Å². The number of fused-ring (bicyclic) bond motifs is 1. The zero-order valence-electron chi connectivity index (χ0n) is 14.5. The van der Waals surface area contributed by atoms with E-state index in [0.29, 0.717) is 30.1 Å². The number of benzene rings is 1. The molecule has 0 radical (unpaired) electrons. The lowest BCUT2D eigenvalue weighted by atomic mass is 9.94. The predicted octanol–water partition coefficient (Wildman–Crippen LogP) is 3.13. The number of furan rings is 1. The number of likely N-dealkylation sites (tertiary alicyclic amines) is 1. The minimum absolute atomic E-state index is 0.0985. The highest BCUT2D eigenvalue weighted by Crippen LogP contribution is 2.31. The van der Waals surface area contributed by atoms with Crippen molar-refractivity contribution in [3.63, 3.8) is 0 Å². The molecule has 4 rings (SSSR count). The number of aromatic amines is 1. The summed E-state index contributed by atoms with van der Waals surface area (Å²) >= 11 is 0. The number of H-pyrrole nitrogens is 1. The summed E-state index contributed by atoms with van der Waals surface area (Å²) in [5.41, 5.74) is 2.26. The molecule has 1 saturated heterocycles. The number of para-hydroxylation sites is 1. The Hall–Kier alpha value is -3.09. The van der Waals surface area contributed by atoms with Crippen LogP contribution in [0.2, 0.25) is 0 Å². The van der Waals surface area contributed by atoms with E-state index in [1.54, 1.807) is 12.3 Å². The second kappa shape index (κ2) is 6.67. The summed E-state index contributed by atoms with van der Waals surface area (Å²) in [7, 11) is 0. The molecule has 3 heterocycles. The van der Waals surface area contributed by atoms with Gasteiger partial charge in [-0.1, -0.05) is 18.2 Å². The van der Waals surface area contributed by atoms with Gasteiger partial charge in [0.2, 0.25) is 5.91 Å². The molecule has 2 aromatic heterocycles. The van der Waals surface area contributed by atoms with Gasteiger partial charge in [-0.05, 0) is 25.0 Å². The highest BCUT2D eigenvalue weighted by atomic mass is 16.3. The maximum absolute atomic E-state index is 12.9. The van der Waals surface area contributed by atoms with Crippen molar-refractivity contribution < 1.29 is 14.0 Å². The standard InChI is InChI=1S/C19H20N4O3/c1-12(24)21-15-10-20-22-18(15)14-6-4-8-23(11-14)19(25)17-9-13-5-2-3-7-16(13)26-17/h2-3,5,7,9-10,14H,4,6,8,11H2,1H3,(H,20,22)(H,21,24). The van der Waals surface area contributed by atoms with Crippen molar-refractivity contribution in [1.82, 2.24) is 15.1 Å². The average Bonchev–Trinajstić information content (AvgIpc) is 3.27. The second-order valence-corrected chi connectivity index (χ2v) is 6.62. The van der Waals surface area contributed by atoms with E-state index in [1.807, 2.05) is 29.2 Å². The Balaban J connectivity index is 1.54. The smallest absolute Gasteiger partial charge is 0.289 e. The highest BCUT2D eigenvalue weighted by Gasteiger charge is 2.29. The number of carbonyl (C=O) groups excluding carboxylic acids is 2. The topological polar surface area (TPSA) is 91.2 Å². The molecule has 3 aromatic rings. The number of hydrogen-bond donors (Lipinski definition) is 2. The number of hydrogen-bond acceptors (Lipinski definition) is 4. The molecule has 26 heavy (non-hydrogen) atoms. The summed E-state index contributed by atoms with van der Waals surface area (Å²) in [6.45, 7) is 2.72. The van der Waals surface area contributed by atoms with Crippen LogP contribution in [0.5, 0.6) is 0 Å². The predicted molar refractivity (Wildman–Crippen MR) is 97.0 cm³/mol. The Kier molecular flexibility index (Phi) is 4.20. The minimum atomic E-state index is -0.140. The summed E-state index contributed by atoms with van der Waals surface area (Å²) in [5, 5.41) is 10.7. The molecule has 1 atom stereocenters. The summed E-state index contributed by atoms with van der Waals surface area (Å²) in [5.74, 6) is 0.213. The zero-order valence-corrected chi connectivity index (χ0v) is 14.5. The van der Waals surface area contributed by atoms with Crippen LogP contribution in [-0.4, -0.2) is 40.0 Å². The first-order valence-corrected chi connectivity index (χ1v) is 8.70. The van der Waals surface area contributed by atoms with E-state index in [4.69, 9.17) is 4.42 Å². The van der Waals surface area contributed by atoms with E-state index in [0.717, 1.165) is 23.9 Å². The summed E-state index contributed by atoms with van der Waals surface area (Å²) in [4.78, 5) is 26.1. The first-order valence-electron chi connectivity index (χ1n) is 8.70. The monoisotopic (exact) mass is 352 g/mol. The average molecular weight is 352 g/mol. The lowest BCUT2D eigenvalue weighted by Crippen LogP contribution is -2.39. The van der Waals surface area contributed by atoms with E-state index >= 15 is 0 Å². The van der Waals surface area contributed by atoms with Crippen molar-refractivity contribution in [3.05, 3.63) is 48.0 Å². The van der Waals surface area contributed by atoms with E-state index in [9.17, 15) is 9.59 Å². The van der Waals surface area contributed by atoms with Crippen LogP contribution < -0.4 is 5.32 Å². The number of nitrogens with zero attached hydrogens (tertiary/aromatic N) is 2. The van der Waals surface area contributed by atoms with Crippen molar-refractivity contribution in [2.24, 2.45) is 0 Å². The molecule has 1 aliphatic heterocycles. The van der Waals surface area contributed by atoms with Gasteiger partial charge in [0, 0.05) is 31.3 Å². The molecule has 1 aromatic carbocycles. The number of amides is 2. The van der Waals surface area contributed by atoms with Crippen molar-refractivity contribution in [1.29, 1.82) is 0 Å². The van der Waals surface area contributed by atoms with Crippen molar-refractivity contribution in [2.75, 3.05) is 18.4 Å². The van der Waals surface area contributed by atoms with Gasteiger partial charge in [-0.25, -0.2) is 0 Å².